The van der Waals surface area contributed by atoms with Crippen molar-refractivity contribution in [1.29, 1.82) is 0 Å². The normalized spacial score (nSPS) is 11.5. The first kappa shape index (κ1) is 71.1. The van der Waals surface area contributed by atoms with E-state index < -0.39 is 0 Å². The molecule has 0 aliphatic rings. The summed E-state index contributed by atoms with van der Waals surface area (Å²) in [6.45, 7) is 0. The molecule has 0 radical (unpaired) electrons. The van der Waals surface area contributed by atoms with Gasteiger partial charge in [0.25, 0.3) is 0 Å². The Morgan fingerprint density at radius 2 is 0.567 bits per heavy atom. The Bertz CT molecular complexity index is 7660. The van der Waals surface area contributed by atoms with Gasteiger partial charge in [-0.15, -0.1) is 11.3 Å². The number of fused-ring (bicyclic) bond motifs is 8. The van der Waals surface area contributed by atoms with Crippen LogP contribution in [0.25, 0.3) is 186 Å². The summed E-state index contributed by atoms with van der Waals surface area (Å²) in [7, 11) is 0. The standard InChI is InChI=1S/C116H76N2OS/c1-5-30-78(31-6-1)96-46-15-17-49-104(96)113-99(80-34-9-3-10-35-80)52-27-58-109(113)117(93-44-22-40-89(74-93)101-54-25-56-106-103-48-19-20-60-111(103)119-115(101)106)91-67-63-82(64-68-91)95-51-24-42-88-72-86(65-69-98(88)95)87-66-70-112-108(76-87)107-57-26-55-102(116(107)120-112)90-41-23-45-94(75-90)118(92-43-21-39-84(73-92)85-62-61-77-29-13-14-38-83(77)71-85)110-59-28-53-100(81-36-11-4-12-37-81)114(110)105-50-18-16-47-97(105)79-32-7-2-8-33-79/h1-76H. The molecule has 0 saturated heterocycles. The van der Waals surface area contributed by atoms with E-state index in [1.165, 1.54) is 80.7 Å². The molecular formula is C116H76N2OS. The summed E-state index contributed by atoms with van der Waals surface area (Å²) in [5.41, 5.74) is 33.3. The van der Waals surface area contributed by atoms with Crippen molar-refractivity contribution < 1.29 is 4.42 Å². The van der Waals surface area contributed by atoms with Gasteiger partial charge in [0, 0.05) is 70.4 Å². The van der Waals surface area contributed by atoms with Gasteiger partial charge in [0.15, 0.2) is 0 Å². The van der Waals surface area contributed by atoms with Gasteiger partial charge < -0.3 is 14.2 Å². The molecule has 0 aliphatic heterocycles. The van der Waals surface area contributed by atoms with E-state index in [9.17, 15) is 0 Å². The van der Waals surface area contributed by atoms with E-state index in [0.29, 0.717) is 0 Å². The largest absolute Gasteiger partial charge is 0.455 e. The van der Waals surface area contributed by atoms with E-state index in [1.54, 1.807) is 0 Å². The third-order valence-corrected chi connectivity index (χ3v) is 25.1. The highest BCUT2D eigenvalue weighted by Gasteiger charge is 2.28. The van der Waals surface area contributed by atoms with Crippen molar-refractivity contribution >= 4 is 109 Å². The van der Waals surface area contributed by atoms with Crippen LogP contribution in [0.5, 0.6) is 0 Å². The first-order valence-electron chi connectivity index (χ1n) is 41.1. The zero-order valence-electron chi connectivity index (χ0n) is 65.6. The van der Waals surface area contributed by atoms with Gasteiger partial charge in [0.05, 0.1) is 11.4 Å². The van der Waals surface area contributed by atoms with Gasteiger partial charge in [-0.3, -0.25) is 0 Å². The Kier molecular flexibility index (Phi) is 18.1. The molecule has 2 aromatic heterocycles. The Morgan fingerprint density at radius 3 is 1.19 bits per heavy atom. The summed E-state index contributed by atoms with van der Waals surface area (Å²) in [5, 5.41) is 9.50. The van der Waals surface area contributed by atoms with Crippen LogP contribution in [0, 0.1) is 0 Å². The number of furan rings is 1. The number of nitrogens with zero attached hydrogens (tertiary/aromatic N) is 2. The molecule has 4 heteroatoms. The van der Waals surface area contributed by atoms with Crippen LogP contribution in [0.15, 0.2) is 465 Å². The molecule has 0 unspecified atom stereocenters. The average molecular weight is 1550 g/mol. The highest BCUT2D eigenvalue weighted by atomic mass is 32.1. The van der Waals surface area contributed by atoms with E-state index in [4.69, 9.17) is 4.42 Å². The predicted octanol–water partition coefficient (Wildman–Crippen LogP) is 33.5. The number of hydrogen-bond donors (Lipinski definition) is 0. The molecule has 2 heterocycles. The van der Waals surface area contributed by atoms with Crippen LogP contribution in [-0.2, 0) is 0 Å². The number of thiophene rings is 1. The SMILES string of the molecule is c1ccc(-c2ccccc2-c2c(-c3ccccc3)cccc2N(c2ccc(-c3cccc4cc(-c5ccc6sc7c(-c8cccc(N(c9cccc(-c%10ccc%11ccccc%11c%10)c9)c9cccc(-c%10ccccc%10)c9-c9ccccc9-c9ccccc9)c8)cccc7c6c5)ccc34)cc2)c2cccc(-c3cccc4c3oc3ccccc34)c2)cc1. The lowest BCUT2D eigenvalue weighted by atomic mass is 9.87. The maximum Gasteiger partial charge on any atom is 0.143 e. The van der Waals surface area contributed by atoms with Crippen LogP contribution < -0.4 is 9.80 Å². The number of hydrogen-bond acceptors (Lipinski definition) is 4. The van der Waals surface area contributed by atoms with Gasteiger partial charge in [-0.1, -0.05) is 370 Å². The van der Waals surface area contributed by atoms with E-state index >= 15 is 0 Å². The Balaban J connectivity index is 0.632. The van der Waals surface area contributed by atoms with Gasteiger partial charge in [0.1, 0.15) is 11.2 Å². The molecular weight excluding hydrogens is 1470 g/mol. The summed E-state index contributed by atoms with van der Waals surface area (Å²) in [6.07, 6.45) is 0. The maximum absolute atomic E-state index is 6.72. The molecule has 3 nitrogen and oxygen atoms in total. The molecule has 20 aromatic carbocycles. The number of benzene rings is 20. The van der Waals surface area contributed by atoms with Crippen molar-refractivity contribution in [3.8, 4) is 122 Å². The maximum atomic E-state index is 6.72. The molecule has 0 spiro atoms. The zero-order chi connectivity index (χ0) is 79.4. The summed E-state index contributed by atoms with van der Waals surface area (Å²) in [6, 6.07) is 169. The highest BCUT2D eigenvalue weighted by Crippen LogP contribution is 2.53. The lowest BCUT2D eigenvalue weighted by Gasteiger charge is -2.30. The molecule has 0 atom stereocenters. The predicted molar refractivity (Wildman–Crippen MR) is 511 cm³/mol. The summed E-state index contributed by atoms with van der Waals surface area (Å²) in [4.78, 5) is 4.95. The van der Waals surface area contributed by atoms with Crippen LogP contribution in [0.3, 0.4) is 0 Å². The average Bonchev–Trinajstić information content (AvgIpc) is 1.35. The minimum Gasteiger partial charge on any atom is -0.455 e. The van der Waals surface area contributed by atoms with Crippen LogP contribution >= 0.6 is 11.3 Å². The van der Waals surface area contributed by atoms with Crippen LogP contribution in [0.2, 0.25) is 0 Å². The Hall–Kier alpha value is -15.5. The fraction of sp³-hybridized carbons (Fsp3) is 0. The summed E-state index contributed by atoms with van der Waals surface area (Å²) in [5.74, 6) is 0. The first-order valence-corrected chi connectivity index (χ1v) is 41.9. The molecule has 120 heavy (non-hydrogen) atoms. The van der Waals surface area contributed by atoms with Crippen molar-refractivity contribution in [1.82, 2.24) is 0 Å². The van der Waals surface area contributed by atoms with Crippen LogP contribution in [-0.4, -0.2) is 0 Å². The van der Waals surface area contributed by atoms with Gasteiger partial charge in [-0.05, 0) is 218 Å². The van der Waals surface area contributed by atoms with Crippen molar-refractivity contribution in [2.75, 3.05) is 9.80 Å². The van der Waals surface area contributed by atoms with Gasteiger partial charge in [0.2, 0.25) is 0 Å². The molecule has 0 aliphatic carbocycles. The minimum atomic E-state index is 0.876. The van der Waals surface area contributed by atoms with Gasteiger partial charge in [-0.2, -0.15) is 0 Å². The summed E-state index contributed by atoms with van der Waals surface area (Å²) < 4.78 is 9.23. The third kappa shape index (κ3) is 13.0. The Labute approximate surface area is 701 Å². The number of rotatable bonds is 17. The van der Waals surface area contributed by atoms with E-state index in [0.717, 1.165) is 140 Å². The highest BCUT2D eigenvalue weighted by molar-refractivity contribution is 7.26. The molecule has 0 amide bonds. The second-order valence-electron chi connectivity index (χ2n) is 30.9. The number of anilines is 6. The lowest BCUT2D eigenvalue weighted by molar-refractivity contribution is 0.670. The molecule has 0 N–H and O–H groups in total. The lowest BCUT2D eigenvalue weighted by Crippen LogP contribution is -2.12. The van der Waals surface area contributed by atoms with Crippen molar-refractivity contribution in [2.45, 2.75) is 0 Å². The Morgan fingerprint density at radius 1 is 0.183 bits per heavy atom. The van der Waals surface area contributed by atoms with E-state index in [1.807, 2.05) is 17.4 Å². The molecule has 22 rings (SSSR count). The van der Waals surface area contributed by atoms with Gasteiger partial charge in [-0.25, -0.2) is 0 Å². The second kappa shape index (κ2) is 30.6. The molecule has 0 saturated carbocycles. The molecule has 0 bridgehead atoms. The second-order valence-corrected chi connectivity index (χ2v) is 32.0. The fourth-order valence-corrected chi connectivity index (χ4v) is 19.5. The quantitative estimate of drug-likeness (QED) is 0.0906. The topological polar surface area (TPSA) is 19.6 Å². The third-order valence-electron chi connectivity index (χ3n) is 23.9. The molecule has 0 fully saturated rings. The van der Waals surface area contributed by atoms with Crippen molar-refractivity contribution in [2.24, 2.45) is 0 Å². The van der Waals surface area contributed by atoms with Crippen LogP contribution in [0.1, 0.15) is 0 Å². The summed E-state index contributed by atoms with van der Waals surface area (Å²) >= 11 is 1.87. The van der Waals surface area contributed by atoms with Gasteiger partial charge >= 0.3 is 0 Å². The van der Waals surface area contributed by atoms with Crippen molar-refractivity contribution in [3.63, 3.8) is 0 Å². The van der Waals surface area contributed by atoms with Crippen LogP contribution in [0.4, 0.5) is 34.1 Å². The fourth-order valence-electron chi connectivity index (χ4n) is 18.2. The minimum absolute atomic E-state index is 0.876. The monoisotopic (exact) mass is 1540 g/mol. The smallest absolute Gasteiger partial charge is 0.143 e. The molecule has 22 aromatic rings. The zero-order valence-corrected chi connectivity index (χ0v) is 66.4. The molecule has 562 valence electrons. The first-order chi connectivity index (χ1) is 59.5. The van der Waals surface area contributed by atoms with E-state index in [-0.39, 0.29) is 0 Å². The number of para-hydroxylation sites is 2. The van der Waals surface area contributed by atoms with E-state index in [2.05, 4.69) is 465 Å². The van der Waals surface area contributed by atoms with Crippen molar-refractivity contribution in [3.05, 3.63) is 461 Å².